The Hall–Kier alpha value is -2.82. The van der Waals surface area contributed by atoms with E-state index in [1.165, 1.54) is 0 Å². The first kappa shape index (κ1) is 16.1. The molecule has 0 unspecified atom stereocenters. The van der Waals surface area contributed by atoms with E-state index >= 15 is 0 Å². The molecule has 1 amide bonds. The zero-order valence-electron chi connectivity index (χ0n) is 13.7. The smallest absolute Gasteiger partial charge is 0.339 e. The number of carbonyl (C=O) groups is 2. The third kappa shape index (κ3) is 2.97. The van der Waals surface area contributed by atoms with Crippen LogP contribution in [-0.4, -0.2) is 24.1 Å². The molecular weight excluding hydrogens is 306 g/mol. The van der Waals surface area contributed by atoms with Gasteiger partial charge in [-0.3, -0.25) is 4.79 Å². The van der Waals surface area contributed by atoms with E-state index in [4.69, 9.17) is 9.47 Å². The second-order valence-electron chi connectivity index (χ2n) is 5.84. The van der Waals surface area contributed by atoms with Crippen molar-refractivity contribution in [3.63, 3.8) is 0 Å². The van der Waals surface area contributed by atoms with Gasteiger partial charge in [-0.25, -0.2) is 4.79 Å². The van der Waals surface area contributed by atoms with Crippen LogP contribution in [0.1, 0.15) is 29.8 Å². The summed E-state index contributed by atoms with van der Waals surface area (Å²) in [5, 5.41) is 2.82. The fraction of sp³-hybridized carbons (Fsp3) is 0.263. The van der Waals surface area contributed by atoms with E-state index in [1.807, 2.05) is 31.2 Å². The number of cyclic esters (lactones) is 1. The Morgan fingerprint density at radius 2 is 1.92 bits per heavy atom. The molecule has 0 aliphatic carbocycles. The zero-order valence-corrected chi connectivity index (χ0v) is 13.7. The normalized spacial score (nSPS) is 19.2. The number of nitrogens with one attached hydrogen (secondary N) is 1. The maximum absolute atomic E-state index is 12.8. The lowest BCUT2D eigenvalue weighted by Gasteiger charge is -2.33. The Kier molecular flexibility index (Phi) is 4.25. The van der Waals surface area contributed by atoms with Crippen molar-refractivity contribution in [2.75, 3.05) is 11.9 Å². The molecule has 2 aromatic rings. The van der Waals surface area contributed by atoms with E-state index in [9.17, 15) is 9.59 Å². The summed E-state index contributed by atoms with van der Waals surface area (Å²) in [5.74, 6) is -0.274. The summed E-state index contributed by atoms with van der Waals surface area (Å²) in [7, 11) is 0. The first-order valence-electron chi connectivity index (χ1n) is 7.88. The summed E-state index contributed by atoms with van der Waals surface area (Å²) in [6.45, 7) is 3.99. The maximum Gasteiger partial charge on any atom is 0.339 e. The number of rotatable bonds is 4. The second kappa shape index (κ2) is 6.35. The fourth-order valence-corrected chi connectivity index (χ4v) is 2.77. The molecular formula is C19H19NO4. The van der Waals surface area contributed by atoms with Crippen LogP contribution >= 0.6 is 0 Å². The van der Waals surface area contributed by atoms with Crippen LogP contribution in [0.25, 0.3) is 0 Å². The van der Waals surface area contributed by atoms with Gasteiger partial charge in [-0.1, -0.05) is 30.3 Å². The van der Waals surface area contributed by atoms with Gasteiger partial charge in [0.05, 0.1) is 17.9 Å². The number of carbonyl (C=O) groups excluding carboxylic acids is 2. The van der Waals surface area contributed by atoms with Crippen molar-refractivity contribution in [3.05, 3.63) is 59.7 Å². The fourth-order valence-electron chi connectivity index (χ4n) is 2.77. The van der Waals surface area contributed by atoms with Crippen LogP contribution in [0.2, 0.25) is 0 Å². The highest BCUT2D eigenvalue weighted by atomic mass is 16.6. The van der Waals surface area contributed by atoms with Gasteiger partial charge in [-0.15, -0.1) is 0 Å². The molecule has 2 aromatic carbocycles. The molecule has 0 spiro atoms. The van der Waals surface area contributed by atoms with E-state index in [1.54, 1.807) is 31.2 Å². The van der Waals surface area contributed by atoms with Crippen LogP contribution < -0.4 is 10.1 Å². The summed E-state index contributed by atoms with van der Waals surface area (Å²) in [6, 6.07) is 14.4. The van der Waals surface area contributed by atoms with Crippen LogP contribution in [-0.2, 0) is 16.0 Å². The Bertz CT molecular complexity index is 786. The Balaban J connectivity index is 1.84. The molecule has 1 atom stereocenters. The largest absolute Gasteiger partial charge is 0.492 e. The second-order valence-corrected chi connectivity index (χ2v) is 5.84. The highest BCUT2D eigenvalue weighted by Gasteiger charge is 2.42. The number of fused-ring (bicyclic) bond motifs is 1. The minimum Gasteiger partial charge on any atom is -0.492 e. The first-order valence-corrected chi connectivity index (χ1v) is 7.88. The summed E-state index contributed by atoms with van der Waals surface area (Å²) < 4.78 is 11.0. The lowest BCUT2D eigenvalue weighted by atomic mass is 9.89. The molecule has 5 nitrogen and oxygen atoms in total. The Morgan fingerprint density at radius 3 is 2.71 bits per heavy atom. The Labute approximate surface area is 140 Å². The number of ether oxygens (including phenoxy) is 2. The lowest BCUT2D eigenvalue weighted by Crippen LogP contribution is -2.48. The third-order valence-electron chi connectivity index (χ3n) is 4.00. The van der Waals surface area contributed by atoms with Crippen molar-refractivity contribution < 1.29 is 19.1 Å². The number of hydrogen-bond acceptors (Lipinski definition) is 4. The molecule has 3 rings (SSSR count). The van der Waals surface area contributed by atoms with Crippen molar-refractivity contribution in [3.8, 4) is 5.75 Å². The highest BCUT2D eigenvalue weighted by molar-refractivity contribution is 6.03. The maximum atomic E-state index is 12.8. The zero-order chi connectivity index (χ0) is 17.2. The van der Waals surface area contributed by atoms with Gasteiger partial charge in [0.2, 0.25) is 0 Å². The monoisotopic (exact) mass is 325 g/mol. The minimum absolute atomic E-state index is 0.331. The summed E-state index contributed by atoms with van der Waals surface area (Å²) in [4.78, 5) is 25.0. The molecule has 0 radical (unpaired) electrons. The quantitative estimate of drug-likeness (QED) is 0.877. The van der Waals surface area contributed by atoms with E-state index in [0.29, 0.717) is 30.0 Å². The van der Waals surface area contributed by atoms with Gasteiger partial charge in [0.25, 0.3) is 5.91 Å². The van der Waals surface area contributed by atoms with Crippen LogP contribution in [0.3, 0.4) is 0 Å². The van der Waals surface area contributed by atoms with E-state index in [2.05, 4.69) is 5.32 Å². The van der Waals surface area contributed by atoms with E-state index in [0.717, 1.165) is 5.56 Å². The van der Waals surface area contributed by atoms with Gasteiger partial charge in [0.15, 0.2) is 5.60 Å². The molecule has 24 heavy (non-hydrogen) atoms. The molecule has 0 saturated heterocycles. The minimum atomic E-state index is -1.26. The van der Waals surface area contributed by atoms with Crippen molar-refractivity contribution in [2.45, 2.75) is 25.9 Å². The summed E-state index contributed by atoms with van der Waals surface area (Å²) in [5.41, 5.74) is 0.618. The van der Waals surface area contributed by atoms with Crippen molar-refractivity contribution >= 4 is 17.6 Å². The molecule has 1 aliphatic heterocycles. The SMILES string of the molecule is CCOc1ccccc1NC(=O)[C@@]1(C)Cc2ccccc2C(=O)O1. The van der Waals surface area contributed by atoms with Gasteiger partial charge in [0, 0.05) is 6.42 Å². The van der Waals surface area contributed by atoms with E-state index in [-0.39, 0.29) is 5.91 Å². The van der Waals surface area contributed by atoms with E-state index < -0.39 is 11.6 Å². The van der Waals surface area contributed by atoms with Gasteiger partial charge in [-0.05, 0) is 37.6 Å². The summed E-state index contributed by atoms with van der Waals surface area (Å²) in [6.07, 6.45) is 0.331. The standard InChI is InChI=1S/C19H19NO4/c1-3-23-16-11-7-6-10-15(16)20-18(22)19(2)12-13-8-4-5-9-14(13)17(21)24-19/h4-11H,3,12H2,1-2H3,(H,20,22)/t19-/m1/s1. The molecule has 0 bridgehead atoms. The van der Waals surface area contributed by atoms with Gasteiger partial charge in [-0.2, -0.15) is 0 Å². The topological polar surface area (TPSA) is 64.6 Å². The lowest BCUT2D eigenvalue weighted by molar-refractivity contribution is -0.134. The summed E-state index contributed by atoms with van der Waals surface area (Å²) >= 11 is 0. The molecule has 5 heteroatoms. The average Bonchev–Trinajstić information content (AvgIpc) is 2.57. The highest BCUT2D eigenvalue weighted by Crippen LogP contribution is 2.31. The van der Waals surface area contributed by atoms with Crippen LogP contribution in [0.5, 0.6) is 5.75 Å². The third-order valence-corrected chi connectivity index (χ3v) is 4.00. The molecule has 0 fully saturated rings. The number of amides is 1. The number of para-hydroxylation sites is 2. The number of esters is 1. The van der Waals surface area contributed by atoms with Crippen molar-refractivity contribution in [2.24, 2.45) is 0 Å². The van der Waals surface area contributed by atoms with Crippen molar-refractivity contribution in [1.29, 1.82) is 0 Å². The average molecular weight is 325 g/mol. The number of hydrogen-bond donors (Lipinski definition) is 1. The molecule has 1 aliphatic rings. The number of benzene rings is 2. The van der Waals surface area contributed by atoms with Crippen molar-refractivity contribution in [1.82, 2.24) is 0 Å². The molecule has 0 aromatic heterocycles. The predicted molar refractivity (Wildman–Crippen MR) is 90.2 cm³/mol. The molecule has 124 valence electrons. The predicted octanol–water partition coefficient (Wildman–Crippen LogP) is 3.20. The molecule has 1 heterocycles. The molecule has 0 saturated carbocycles. The Morgan fingerprint density at radius 1 is 1.21 bits per heavy atom. The van der Waals surface area contributed by atoms with Gasteiger partial charge in [0.1, 0.15) is 5.75 Å². The van der Waals surface area contributed by atoms with Crippen LogP contribution in [0, 0.1) is 0 Å². The molecule has 1 N–H and O–H groups in total. The van der Waals surface area contributed by atoms with Gasteiger partial charge < -0.3 is 14.8 Å². The van der Waals surface area contributed by atoms with Crippen LogP contribution in [0.4, 0.5) is 5.69 Å². The van der Waals surface area contributed by atoms with Gasteiger partial charge >= 0.3 is 5.97 Å². The number of anilines is 1. The first-order chi connectivity index (χ1) is 11.5. The van der Waals surface area contributed by atoms with Crippen LogP contribution in [0.15, 0.2) is 48.5 Å².